The lowest BCUT2D eigenvalue weighted by atomic mass is 10.1. The van der Waals surface area contributed by atoms with Gasteiger partial charge in [-0.05, 0) is 30.3 Å². The Morgan fingerprint density at radius 3 is 2.67 bits per heavy atom. The van der Waals surface area contributed by atoms with E-state index in [-0.39, 0.29) is 6.61 Å². The second-order valence-corrected chi connectivity index (χ2v) is 7.85. The molecule has 0 fully saturated rings. The average Bonchev–Trinajstić information content (AvgIpc) is 3.21. The summed E-state index contributed by atoms with van der Waals surface area (Å²) in [4.78, 5) is 4.60. The van der Waals surface area contributed by atoms with Crippen molar-refractivity contribution in [1.82, 2.24) is 4.98 Å². The summed E-state index contributed by atoms with van der Waals surface area (Å²) in [6, 6.07) is 23.2. The number of para-hydroxylation sites is 2. The SMILES string of the molecule is COc1cccc(/C=C(/C#N)c2nc3ccccc3s2)c1OCc1ccccc1Cl. The monoisotopic (exact) mass is 432 g/mol. The number of benzene rings is 3. The van der Waals surface area contributed by atoms with Crippen molar-refractivity contribution in [2.45, 2.75) is 6.61 Å². The van der Waals surface area contributed by atoms with Crippen LogP contribution in [0.25, 0.3) is 21.9 Å². The van der Waals surface area contributed by atoms with Gasteiger partial charge in [-0.2, -0.15) is 5.26 Å². The summed E-state index contributed by atoms with van der Waals surface area (Å²) in [5.41, 5.74) is 2.94. The third kappa shape index (κ3) is 4.16. The van der Waals surface area contributed by atoms with Crippen LogP contribution in [0.5, 0.6) is 11.5 Å². The minimum atomic E-state index is 0.282. The molecule has 1 heterocycles. The van der Waals surface area contributed by atoms with Crippen LogP contribution in [0.1, 0.15) is 16.1 Å². The van der Waals surface area contributed by atoms with Gasteiger partial charge in [0.05, 0.1) is 22.9 Å². The number of nitriles is 1. The average molecular weight is 433 g/mol. The number of methoxy groups -OCH3 is 1. The molecule has 0 bridgehead atoms. The number of rotatable bonds is 6. The maximum absolute atomic E-state index is 9.79. The van der Waals surface area contributed by atoms with Gasteiger partial charge in [0.15, 0.2) is 11.5 Å². The molecule has 0 aliphatic heterocycles. The van der Waals surface area contributed by atoms with Gasteiger partial charge < -0.3 is 9.47 Å². The number of hydrogen-bond acceptors (Lipinski definition) is 5. The van der Waals surface area contributed by atoms with E-state index in [1.165, 1.54) is 11.3 Å². The minimum Gasteiger partial charge on any atom is -0.493 e. The highest BCUT2D eigenvalue weighted by Gasteiger charge is 2.14. The van der Waals surface area contributed by atoms with Gasteiger partial charge in [-0.3, -0.25) is 0 Å². The van der Waals surface area contributed by atoms with E-state index in [0.29, 0.717) is 27.1 Å². The van der Waals surface area contributed by atoms with Crippen molar-refractivity contribution in [3.05, 3.63) is 87.9 Å². The highest BCUT2D eigenvalue weighted by atomic mass is 35.5. The first-order chi connectivity index (χ1) is 14.7. The topological polar surface area (TPSA) is 55.1 Å². The maximum Gasteiger partial charge on any atom is 0.168 e. The first-order valence-electron chi connectivity index (χ1n) is 9.20. The Kier molecular flexibility index (Phi) is 5.99. The molecule has 4 aromatic rings. The third-order valence-electron chi connectivity index (χ3n) is 4.50. The maximum atomic E-state index is 9.79. The summed E-state index contributed by atoms with van der Waals surface area (Å²) in [5.74, 6) is 1.13. The highest BCUT2D eigenvalue weighted by Crippen LogP contribution is 2.36. The smallest absolute Gasteiger partial charge is 0.168 e. The Bertz CT molecular complexity index is 1240. The minimum absolute atomic E-state index is 0.282. The Morgan fingerprint density at radius 2 is 1.90 bits per heavy atom. The van der Waals surface area contributed by atoms with Crippen molar-refractivity contribution in [3.8, 4) is 17.6 Å². The van der Waals surface area contributed by atoms with Gasteiger partial charge in [-0.1, -0.05) is 54.1 Å². The summed E-state index contributed by atoms with van der Waals surface area (Å²) in [5, 5.41) is 11.1. The number of fused-ring (bicyclic) bond motifs is 1. The number of allylic oxidation sites excluding steroid dienone is 1. The van der Waals surface area contributed by atoms with Crippen molar-refractivity contribution in [2.75, 3.05) is 7.11 Å². The first kappa shape index (κ1) is 20.0. The number of nitrogens with zero attached hydrogens (tertiary/aromatic N) is 2. The van der Waals surface area contributed by atoms with E-state index < -0.39 is 0 Å². The lowest BCUT2D eigenvalue weighted by Gasteiger charge is -2.14. The zero-order valence-corrected chi connectivity index (χ0v) is 17.7. The van der Waals surface area contributed by atoms with E-state index in [1.54, 1.807) is 13.2 Å². The van der Waals surface area contributed by atoms with Crippen LogP contribution in [0, 0.1) is 11.3 Å². The molecule has 0 radical (unpaired) electrons. The van der Waals surface area contributed by atoms with Crippen molar-refractivity contribution in [3.63, 3.8) is 0 Å². The molecule has 1 aromatic heterocycles. The van der Waals surface area contributed by atoms with Crippen molar-refractivity contribution < 1.29 is 9.47 Å². The zero-order valence-electron chi connectivity index (χ0n) is 16.1. The molecule has 3 aromatic carbocycles. The van der Waals surface area contributed by atoms with Gasteiger partial charge in [0, 0.05) is 16.1 Å². The molecule has 30 heavy (non-hydrogen) atoms. The van der Waals surface area contributed by atoms with Crippen LogP contribution < -0.4 is 9.47 Å². The zero-order chi connectivity index (χ0) is 20.9. The lowest BCUT2D eigenvalue weighted by Crippen LogP contribution is -2.00. The highest BCUT2D eigenvalue weighted by molar-refractivity contribution is 7.19. The fraction of sp³-hybridized carbons (Fsp3) is 0.0833. The Hall–Kier alpha value is -3.33. The molecular formula is C24H17ClN2O2S. The molecule has 0 amide bonds. The molecule has 0 spiro atoms. The molecule has 0 aliphatic carbocycles. The molecule has 4 nitrogen and oxygen atoms in total. The lowest BCUT2D eigenvalue weighted by molar-refractivity contribution is 0.284. The van der Waals surface area contributed by atoms with E-state index in [1.807, 2.05) is 66.7 Å². The molecule has 0 unspecified atom stereocenters. The van der Waals surface area contributed by atoms with E-state index in [2.05, 4.69) is 11.1 Å². The molecular weight excluding hydrogens is 416 g/mol. The van der Waals surface area contributed by atoms with Gasteiger partial charge in [0.2, 0.25) is 0 Å². The number of ether oxygens (including phenoxy) is 2. The predicted molar refractivity (Wildman–Crippen MR) is 122 cm³/mol. The van der Waals surface area contributed by atoms with Crippen molar-refractivity contribution in [2.24, 2.45) is 0 Å². The van der Waals surface area contributed by atoms with Gasteiger partial charge in [-0.25, -0.2) is 4.98 Å². The molecule has 0 saturated carbocycles. The summed E-state index contributed by atoms with van der Waals surface area (Å²) in [6.45, 7) is 0.282. The van der Waals surface area contributed by atoms with Crippen molar-refractivity contribution >= 4 is 44.8 Å². The van der Waals surface area contributed by atoms with Gasteiger partial charge >= 0.3 is 0 Å². The predicted octanol–water partition coefficient (Wildman–Crippen LogP) is 6.60. The number of halogens is 1. The molecule has 0 aliphatic rings. The van der Waals surface area contributed by atoms with Crippen LogP contribution >= 0.6 is 22.9 Å². The Morgan fingerprint density at radius 1 is 1.10 bits per heavy atom. The quantitative estimate of drug-likeness (QED) is 0.322. The molecule has 0 N–H and O–H groups in total. The number of hydrogen-bond donors (Lipinski definition) is 0. The number of thiazole rings is 1. The van der Waals surface area contributed by atoms with E-state index in [4.69, 9.17) is 21.1 Å². The summed E-state index contributed by atoms with van der Waals surface area (Å²) >= 11 is 7.74. The third-order valence-corrected chi connectivity index (χ3v) is 5.94. The fourth-order valence-corrected chi connectivity index (χ4v) is 4.13. The fourth-order valence-electron chi connectivity index (χ4n) is 3.01. The van der Waals surface area contributed by atoms with Crippen LogP contribution in [0.3, 0.4) is 0 Å². The number of aromatic nitrogens is 1. The first-order valence-corrected chi connectivity index (χ1v) is 10.4. The summed E-state index contributed by atoms with van der Waals surface area (Å²) in [7, 11) is 1.59. The van der Waals surface area contributed by atoms with E-state index >= 15 is 0 Å². The molecule has 0 saturated heterocycles. The normalized spacial score (nSPS) is 11.3. The molecule has 6 heteroatoms. The van der Waals surface area contributed by atoms with Gasteiger partial charge in [0.1, 0.15) is 17.7 Å². The van der Waals surface area contributed by atoms with E-state index in [9.17, 15) is 5.26 Å². The Balaban J connectivity index is 1.72. The van der Waals surface area contributed by atoms with Crippen LogP contribution in [0.4, 0.5) is 0 Å². The van der Waals surface area contributed by atoms with Crippen LogP contribution in [-0.4, -0.2) is 12.1 Å². The Labute approximate surface area is 183 Å². The largest absolute Gasteiger partial charge is 0.493 e. The van der Waals surface area contributed by atoms with Crippen LogP contribution in [0.15, 0.2) is 66.7 Å². The second-order valence-electron chi connectivity index (χ2n) is 6.42. The van der Waals surface area contributed by atoms with Crippen LogP contribution in [-0.2, 0) is 6.61 Å². The molecule has 148 valence electrons. The summed E-state index contributed by atoms with van der Waals surface area (Å²) < 4.78 is 12.6. The second kappa shape index (κ2) is 9.00. The molecule has 0 atom stereocenters. The van der Waals surface area contributed by atoms with E-state index in [0.717, 1.165) is 21.3 Å². The van der Waals surface area contributed by atoms with Crippen molar-refractivity contribution in [1.29, 1.82) is 5.26 Å². The van der Waals surface area contributed by atoms with Gasteiger partial charge in [0.25, 0.3) is 0 Å². The standard InChI is InChI=1S/C24H17ClN2O2S/c1-28-21-11-6-8-16(23(21)29-15-17-7-2-3-9-19(17)25)13-18(14-26)24-27-20-10-4-5-12-22(20)30-24/h2-13H,15H2,1H3/b18-13-. The summed E-state index contributed by atoms with van der Waals surface area (Å²) in [6.07, 6.45) is 1.78. The van der Waals surface area contributed by atoms with Gasteiger partial charge in [-0.15, -0.1) is 11.3 Å². The molecule has 4 rings (SSSR count). The van der Waals surface area contributed by atoms with Crippen LogP contribution in [0.2, 0.25) is 5.02 Å².